The van der Waals surface area contributed by atoms with Gasteiger partial charge in [-0.2, -0.15) is 5.10 Å². The Hall–Kier alpha value is -3.33. The van der Waals surface area contributed by atoms with Gasteiger partial charge in [0, 0.05) is 27.9 Å². The van der Waals surface area contributed by atoms with E-state index in [1.807, 2.05) is 43.3 Å². The first-order valence-corrected chi connectivity index (χ1v) is 8.58. The summed E-state index contributed by atoms with van der Waals surface area (Å²) in [4.78, 5) is 19.0. The fraction of sp³-hybridized carbons (Fsp3) is 0.0556. The number of nitrogens with one attached hydrogen (secondary N) is 1. The Morgan fingerprint density at radius 2 is 1.93 bits per heavy atom. The summed E-state index contributed by atoms with van der Waals surface area (Å²) >= 11 is 3.02. The normalized spacial score (nSPS) is 10.9. The number of aryl methyl sites for hydroxylation is 1. The minimum atomic E-state index is -0.579. The summed E-state index contributed by atoms with van der Waals surface area (Å²) in [6.45, 7) is 1.83. The molecule has 1 aromatic heterocycles. The van der Waals surface area contributed by atoms with Crippen molar-refractivity contribution in [3.63, 3.8) is 0 Å². The van der Waals surface area contributed by atoms with Crippen molar-refractivity contribution in [3.8, 4) is 17.0 Å². The SMILES string of the molecule is Cc1cc(-c2ccccc2)nc(N/N=C\c2cc([N+](=O)[O-])cc(Br)c2[O-])n1. The summed E-state index contributed by atoms with van der Waals surface area (Å²) in [7, 11) is 0. The van der Waals surface area contributed by atoms with E-state index in [4.69, 9.17) is 0 Å². The van der Waals surface area contributed by atoms with Crippen molar-refractivity contribution in [2.24, 2.45) is 5.10 Å². The maximum absolute atomic E-state index is 12.1. The topological polar surface area (TPSA) is 116 Å². The lowest BCUT2D eigenvalue weighted by molar-refractivity contribution is -0.385. The summed E-state index contributed by atoms with van der Waals surface area (Å²) in [6, 6.07) is 13.8. The quantitative estimate of drug-likeness (QED) is 0.378. The van der Waals surface area contributed by atoms with E-state index >= 15 is 0 Å². The highest BCUT2D eigenvalue weighted by Crippen LogP contribution is 2.29. The minimum Gasteiger partial charge on any atom is -0.871 e. The number of nitrogens with zero attached hydrogens (tertiary/aromatic N) is 4. The summed E-state index contributed by atoms with van der Waals surface area (Å²) < 4.78 is 0.0938. The van der Waals surface area contributed by atoms with Gasteiger partial charge in [-0.1, -0.05) is 52.0 Å². The smallest absolute Gasteiger partial charge is 0.271 e. The highest BCUT2D eigenvalue weighted by molar-refractivity contribution is 9.10. The second-order valence-electron chi connectivity index (χ2n) is 5.56. The fourth-order valence-corrected chi connectivity index (χ4v) is 2.80. The van der Waals surface area contributed by atoms with Crippen LogP contribution in [0.3, 0.4) is 0 Å². The van der Waals surface area contributed by atoms with Gasteiger partial charge in [-0.25, -0.2) is 15.4 Å². The highest BCUT2D eigenvalue weighted by Gasteiger charge is 2.09. The molecule has 1 heterocycles. The summed E-state index contributed by atoms with van der Waals surface area (Å²) in [5, 5.41) is 26.9. The Bertz CT molecular complexity index is 1030. The molecular formula is C18H13BrN5O3-. The molecular weight excluding hydrogens is 414 g/mol. The Morgan fingerprint density at radius 1 is 1.19 bits per heavy atom. The molecule has 0 amide bonds. The largest absolute Gasteiger partial charge is 0.871 e. The molecule has 0 aliphatic heterocycles. The van der Waals surface area contributed by atoms with Crippen LogP contribution in [0, 0.1) is 17.0 Å². The monoisotopic (exact) mass is 426 g/mol. The van der Waals surface area contributed by atoms with Crippen LogP contribution in [0.5, 0.6) is 5.75 Å². The molecule has 136 valence electrons. The van der Waals surface area contributed by atoms with E-state index in [9.17, 15) is 15.2 Å². The number of hydrogen-bond donors (Lipinski definition) is 1. The number of halogens is 1. The van der Waals surface area contributed by atoms with Gasteiger partial charge in [-0.3, -0.25) is 10.1 Å². The van der Waals surface area contributed by atoms with Crippen molar-refractivity contribution in [1.29, 1.82) is 0 Å². The zero-order chi connectivity index (χ0) is 19.4. The van der Waals surface area contributed by atoms with Crippen molar-refractivity contribution >= 4 is 33.8 Å². The number of rotatable bonds is 5. The summed E-state index contributed by atoms with van der Waals surface area (Å²) in [6.07, 6.45) is 1.20. The van der Waals surface area contributed by atoms with Crippen LogP contribution in [-0.2, 0) is 0 Å². The molecule has 0 unspecified atom stereocenters. The maximum atomic E-state index is 12.1. The zero-order valence-electron chi connectivity index (χ0n) is 14.1. The molecule has 3 rings (SSSR count). The third-order valence-corrected chi connectivity index (χ3v) is 4.15. The van der Waals surface area contributed by atoms with Gasteiger partial charge in [0.05, 0.1) is 16.8 Å². The van der Waals surface area contributed by atoms with Gasteiger partial charge < -0.3 is 5.11 Å². The molecule has 3 aromatic rings. The maximum Gasteiger partial charge on any atom is 0.271 e. The molecule has 27 heavy (non-hydrogen) atoms. The van der Waals surface area contributed by atoms with Gasteiger partial charge in [0.2, 0.25) is 5.95 Å². The number of nitro groups is 1. The first-order chi connectivity index (χ1) is 12.9. The van der Waals surface area contributed by atoms with E-state index in [1.165, 1.54) is 6.21 Å². The Balaban J connectivity index is 1.85. The molecule has 0 saturated carbocycles. The second kappa shape index (κ2) is 7.92. The van der Waals surface area contributed by atoms with E-state index in [2.05, 4.69) is 36.4 Å². The summed E-state index contributed by atoms with van der Waals surface area (Å²) in [5.41, 5.74) is 4.92. The van der Waals surface area contributed by atoms with Crippen molar-refractivity contribution in [2.75, 3.05) is 5.43 Å². The average molecular weight is 427 g/mol. The fourth-order valence-electron chi connectivity index (χ4n) is 2.34. The van der Waals surface area contributed by atoms with Crippen LogP contribution in [0.4, 0.5) is 11.6 Å². The Labute approximate surface area is 162 Å². The molecule has 0 saturated heterocycles. The molecule has 2 aromatic carbocycles. The zero-order valence-corrected chi connectivity index (χ0v) is 15.7. The van der Waals surface area contributed by atoms with Crippen LogP contribution in [-0.4, -0.2) is 21.1 Å². The molecule has 0 aliphatic rings. The van der Waals surface area contributed by atoms with Crippen molar-refractivity contribution in [1.82, 2.24) is 9.97 Å². The first-order valence-electron chi connectivity index (χ1n) is 7.79. The number of benzene rings is 2. The van der Waals surface area contributed by atoms with Crippen LogP contribution in [0.2, 0.25) is 0 Å². The van der Waals surface area contributed by atoms with E-state index in [1.54, 1.807) is 0 Å². The number of non-ortho nitro benzene ring substituents is 1. The standard InChI is InChI=1S/C18H14BrN5O3/c1-11-7-16(12-5-3-2-4-6-12)22-18(21-11)23-20-10-13-8-14(24(26)27)9-15(19)17(13)25/h2-10,25H,1H3,(H,21,22,23)/p-1/b20-10-. The Morgan fingerprint density at radius 3 is 2.63 bits per heavy atom. The van der Waals surface area contributed by atoms with Crippen LogP contribution in [0.1, 0.15) is 11.3 Å². The van der Waals surface area contributed by atoms with Gasteiger partial charge in [-0.05, 0) is 18.6 Å². The number of aromatic nitrogens is 2. The predicted molar refractivity (Wildman–Crippen MR) is 104 cm³/mol. The van der Waals surface area contributed by atoms with Crippen molar-refractivity contribution in [2.45, 2.75) is 6.92 Å². The van der Waals surface area contributed by atoms with Gasteiger partial charge in [-0.15, -0.1) is 0 Å². The number of nitro benzene ring substituents is 1. The molecule has 8 nitrogen and oxygen atoms in total. The Kier molecular flexibility index (Phi) is 5.41. The molecule has 0 atom stereocenters. The van der Waals surface area contributed by atoms with Gasteiger partial charge in [0.15, 0.2) is 0 Å². The molecule has 9 heteroatoms. The van der Waals surface area contributed by atoms with Gasteiger partial charge >= 0.3 is 0 Å². The van der Waals surface area contributed by atoms with Gasteiger partial charge in [0.1, 0.15) is 0 Å². The number of hydrazone groups is 1. The molecule has 0 spiro atoms. The van der Waals surface area contributed by atoms with E-state index in [0.717, 1.165) is 29.1 Å². The highest BCUT2D eigenvalue weighted by atomic mass is 79.9. The molecule has 0 bridgehead atoms. The van der Waals surface area contributed by atoms with Crippen LogP contribution < -0.4 is 10.5 Å². The first kappa shape index (κ1) is 18.5. The molecule has 0 fully saturated rings. The molecule has 0 radical (unpaired) electrons. The predicted octanol–water partition coefficient (Wildman–Crippen LogP) is 3.64. The summed E-state index contributed by atoms with van der Waals surface area (Å²) in [5.74, 6) is -0.150. The van der Waals surface area contributed by atoms with Crippen LogP contribution in [0.25, 0.3) is 11.3 Å². The number of anilines is 1. The van der Waals surface area contributed by atoms with E-state index < -0.39 is 10.7 Å². The van der Waals surface area contributed by atoms with E-state index in [-0.39, 0.29) is 21.7 Å². The minimum absolute atomic E-state index is 0.0690. The van der Waals surface area contributed by atoms with Crippen LogP contribution in [0.15, 0.2) is 58.1 Å². The van der Waals surface area contributed by atoms with Crippen LogP contribution >= 0.6 is 15.9 Å². The third kappa shape index (κ3) is 4.45. The number of hydrogen-bond acceptors (Lipinski definition) is 7. The van der Waals surface area contributed by atoms with E-state index in [0.29, 0.717) is 0 Å². The van der Waals surface area contributed by atoms with Crippen molar-refractivity contribution < 1.29 is 10.0 Å². The average Bonchev–Trinajstić information content (AvgIpc) is 2.65. The lowest BCUT2D eigenvalue weighted by Crippen LogP contribution is -2.03. The molecule has 1 N–H and O–H groups in total. The lowest BCUT2D eigenvalue weighted by atomic mass is 10.1. The molecule has 0 aliphatic carbocycles. The third-order valence-electron chi connectivity index (χ3n) is 3.56. The van der Waals surface area contributed by atoms with Crippen molar-refractivity contribution in [3.05, 3.63) is 74.4 Å². The second-order valence-corrected chi connectivity index (χ2v) is 6.41. The lowest BCUT2D eigenvalue weighted by Gasteiger charge is -2.12. The van der Waals surface area contributed by atoms with Gasteiger partial charge in [0.25, 0.3) is 5.69 Å².